The van der Waals surface area contributed by atoms with Crippen LogP contribution in [0, 0.1) is 5.82 Å². The second kappa shape index (κ2) is 4.93. The first-order valence-electron chi connectivity index (χ1n) is 5.30. The third-order valence-corrected chi connectivity index (χ3v) is 2.32. The van der Waals surface area contributed by atoms with Crippen LogP contribution in [0.25, 0.3) is 0 Å². The van der Waals surface area contributed by atoms with Gasteiger partial charge in [-0.15, -0.1) is 0 Å². The molecule has 1 aromatic heterocycles. The Bertz CT molecular complexity index is 480. The molecule has 0 saturated heterocycles. The fraction of sp³-hybridized carbons (Fsp3) is 0.154. The quantitative estimate of drug-likeness (QED) is 0.884. The van der Waals surface area contributed by atoms with Crippen molar-refractivity contribution < 1.29 is 9.13 Å². The number of aromatic nitrogens is 1. The second-order valence-electron chi connectivity index (χ2n) is 3.77. The molecule has 0 aliphatic heterocycles. The molecule has 17 heavy (non-hydrogen) atoms. The van der Waals surface area contributed by atoms with Crippen molar-refractivity contribution >= 4 is 0 Å². The van der Waals surface area contributed by atoms with E-state index >= 15 is 0 Å². The molecule has 1 atom stereocenters. The summed E-state index contributed by atoms with van der Waals surface area (Å²) in [6.45, 7) is 1.89. The van der Waals surface area contributed by atoms with E-state index in [2.05, 4.69) is 4.98 Å². The first-order chi connectivity index (χ1) is 8.15. The van der Waals surface area contributed by atoms with E-state index in [1.807, 2.05) is 13.0 Å². The van der Waals surface area contributed by atoms with Crippen LogP contribution < -0.4 is 10.5 Å². The lowest BCUT2D eigenvalue weighted by Crippen LogP contribution is -2.05. The van der Waals surface area contributed by atoms with Gasteiger partial charge in [0.1, 0.15) is 11.6 Å². The van der Waals surface area contributed by atoms with E-state index in [0.29, 0.717) is 11.6 Å². The van der Waals surface area contributed by atoms with Crippen molar-refractivity contribution in [3.8, 4) is 11.6 Å². The summed E-state index contributed by atoms with van der Waals surface area (Å²) in [6.07, 6.45) is 1.67. The number of ether oxygens (including phenoxy) is 1. The smallest absolute Gasteiger partial charge is 0.219 e. The molecule has 1 aromatic carbocycles. The van der Waals surface area contributed by atoms with Gasteiger partial charge in [-0.25, -0.2) is 9.37 Å². The third kappa shape index (κ3) is 3.01. The largest absolute Gasteiger partial charge is 0.439 e. The van der Waals surface area contributed by atoms with Gasteiger partial charge in [0.25, 0.3) is 0 Å². The Hall–Kier alpha value is -1.94. The maximum absolute atomic E-state index is 12.7. The Kier molecular flexibility index (Phi) is 3.35. The molecule has 2 aromatic rings. The van der Waals surface area contributed by atoms with E-state index in [0.717, 1.165) is 5.56 Å². The van der Waals surface area contributed by atoms with Gasteiger partial charge in [0, 0.05) is 18.3 Å². The molecular weight excluding hydrogens is 219 g/mol. The van der Waals surface area contributed by atoms with Gasteiger partial charge in [-0.1, -0.05) is 6.07 Å². The Morgan fingerprint density at radius 2 is 1.88 bits per heavy atom. The van der Waals surface area contributed by atoms with E-state index in [4.69, 9.17) is 10.5 Å². The normalized spacial score (nSPS) is 12.2. The first kappa shape index (κ1) is 11.5. The van der Waals surface area contributed by atoms with E-state index in [9.17, 15) is 4.39 Å². The summed E-state index contributed by atoms with van der Waals surface area (Å²) in [4.78, 5) is 4.12. The summed E-state index contributed by atoms with van der Waals surface area (Å²) in [5.41, 5.74) is 6.65. The fourth-order valence-corrected chi connectivity index (χ4v) is 1.34. The van der Waals surface area contributed by atoms with Crippen LogP contribution in [0.5, 0.6) is 11.6 Å². The van der Waals surface area contributed by atoms with Crippen molar-refractivity contribution in [3.05, 3.63) is 54.0 Å². The van der Waals surface area contributed by atoms with Crippen molar-refractivity contribution in [2.24, 2.45) is 5.73 Å². The first-order valence-corrected chi connectivity index (χ1v) is 5.30. The third-order valence-electron chi connectivity index (χ3n) is 2.32. The number of nitrogens with two attached hydrogens (primary N) is 1. The van der Waals surface area contributed by atoms with Crippen molar-refractivity contribution in [3.63, 3.8) is 0 Å². The van der Waals surface area contributed by atoms with Gasteiger partial charge in [-0.3, -0.25) is 0 Å². The molecule has 3 nitrogen and oxygen atoms in total. The molecule has 0 bridgehead atoms. The van der Waals surface area contributed by atoms with Gasteiger partial charge >= 0.3 is 0 Å². The highest BCUT2D eigenvalue weighted by atomic mass is 19.1. The summed E-state index contributed by atoms with van der Waals surface area (Å²) in [5, 5.41) is 0. The van der Waals surface area contributed by atoms with Crippen LogP contribution in [0.1, 0.15) is 18.5 Å². The summed E-state index contributed by atoms with van der Waals surface area (Å²) in [7, 11) is 0. The standard InChI is InChI=1S/C13H13FN2O/c1-9(15)10-2-7-13(16-8-10)17-12-5-3-11(14)4-6-12/h2-9H,15H2,1H3. The molecule has 0 saturated carbocycles. The number of benzene rings is 1. The minimum absolute atomic E-state index is 0.0534. The Morgan fingerprint density at radius 1 is 1.18 bits per heavy atom. The molecule has 0 aliphatic carbocycles. The van der Waals surface area contributed by atoms with Gasteiger partial charge < -0.3 is 10.5 Å². The number of halogens is 1. The molecule has 1 unspecified atom stereocenters. The molecule has 0 aliphatic rings. The van der Waals surface area contributed by atoms with Gasteiger partial charge in [-0.05, 0) is 36.8 Å². The number of nitrogens with zero attached hydrogens (tertiary/aromatic N) is 1. The lowest BCUT2D eigenvalue weighted by molar-refractivity contribution is 0.460. The zero-order chi connectivity index (χ0) is 12.3. The van der Waals surface area contributed by atoms with E-state index in [1.165, 1.54) is 12.1 Å². The van der Waals surface area contributed by atoms with Crippen LogP contribution in [-0.4, -0.2) is 4.98 Å². The highest BCUT2D eigenvalue weighted by molar-refractivity contribution is 5.28. The molecule has 88 valence electrons. The van der Waals surface area contributed by atoms with Crippen molar-refractivity contribution in [1.82, 2.24) is 4.98 Å². The highest BCUT2D eigenvalue weighted by Gasteiger charge is 2.02. The predicted octanol–water partition coefficient (Wildman–Crippen LogP) is 3.03. The Morgan fingerprint density at radius 3 is 2.41 bits per heavy atom. The molecule has 2 N–H and O–H groups in total. The van der Waals surface area contributed by atoms with Gasteiger partial charge in [0.2, 0.25) is 5.88 Å². The topological polar surface area (TPSA) is 48.1 Å². The summed E-state index contributed by atoms with van der Waals surface area (Å²) < 4.78 is 18.1. The summed E-state index contributed by atoms with van der Waals surface area (Å²) in [6, 6.07) is 9.32. The summed E-state index contributed by atoms with van der Waals surface area (Å²) in [5.74, 6) is 0.714. The highest BCUT2D eigenvalue weighted by Crippen LogP contribution is 2.20. The molecule has 0 radical (unpaired) electrons. The number of hydrogen-bond donors (Lipinski definition) is 1. The van der Waals surface area contributed by atoms with Crippen LogP contribution in [-0.2, 0) is 0 Å². The monoisotopic (exact) mass is 232 g/mol. The Labute approximate surface area is 99.1 Å². The molecule has 0 spiro atoms. The minimum Gasteiger partial charge on any atom is -0.439 e. The van der Waals surface area contributed by atoms with Crippen LogP contribution in [0.2, 0.25) is 0 Å². The van der Waals surface area contributed by atoms with Crippen LogP contribution in [0.3, 0.4) is 0 Å². The summed E-state index contributed by atoms with van der Waals surface area (Å²) >= 11 is 0. The minimum atomic E-state index is -0.294. The van der Waals surface area contributed by atoms with E-state index < -0.39 is 0 Å². The lowest BCUT2D eigenvalue weighted by atomic mass is 10.2. The molecule has 1 heterocycles. The lowest BCUT2D eigenvalue weighted by Gasteiger charge is -2.07. The SMILES string of the molecule is CC(N)c1ccc(Oc2ccc(F)cc2)nc1. The molecule has 0 amide bonds. The average Bonchev–Trinajstić information content (AvgIpc) is 2.33. The Balaban J connectivity index is 2.11. The van der Waals surface area contributed by atoms with E-state index in [1.54, 1.807) is 24.4 Å². The molecule has 4 heteroatoms. The zero-order valence-corrected chi connectivity index (χ0v) is 9.43. The van der Waals surface area contributed by atoms with Crippen molar-refractivity contribution in [1.29, 1.82) is 0 Å². The molecular formula is C13H13FN2O. The zero-order valence-electron chi connectivity index (χ0n) is 9.43. The average molecular weight is 232 g/mol. The van der Waals surface area contributed by atoms with Crippen LogP contribution >= 0.6 is 0 Å². The number of rotatable bonds is 3. The number of hydrogen-bond acceptors (Lipinski definition) is 3. The second-order valence-corrected chi connectivity index (χ2v) is 3.77. The van der Waals surface area contributed by atoms with Gasteiger partial charge in [0.15, 0.2) is 0 Å². The van der Waals surface area contributed by atoms with Crippen molar-refractivity contribution in [2.75, 3.05) is 0 Å². The van der Waals surface area contributed by atoms with Crippen LogP contribution in [0.4, 0.5) is 4.39 Å². The molecule has 0 fully saturated rings. The fourth-order valence-electron chi connectivity index (χ4n) is 1.34. The molecule has 2 rings (SSSR count). The number of pyridine rings is 1. The maximum atomic E-state index is 12.7. The van der Waals surface area contributed by atoms with Crippen molar-refractivity contribution in [2.45, 2.75) is 13.0 Å². The predicted molar refractivity (Wildman–Crippen MR) is 63.3 cm³/mol. The van der Waals surface area contributed by atoms with Gasteiger partial charge in [0.05, 0.1) is 0 Å². The maximum Gasteiger partial charge on any atom is 0.219 e. The van der Waals surface area contributed by atoms with E-state index in [-0.39, 0.29) is 11.9 Å². The van der Waals surface area contributed by atoms with Gasteiger partial charge in [-0.2, -0.15) is 0 Å². The van der Waals surface area contributed by atoms with Crippen LogP contribution in [0.15, 0.2) is 42.6 Å².